The Kier molecular flexibility index (Phi) is 8.11. The second kappa shape index (κ2) is 10.3. The van der Waals surface area contributed by atoms with Crippen molar-refractivity contribution in [1.29, 1.82) is 10.9 Å². The molecule has 164 valence electrons. The summed E-state index contributed by atoms with van der Waals surface area (Å²) in [6.45, 7) is 10.4. The van der Waals surface area contributed by atoms with Crippen LogP contribution in [0, 0.1) is 22.7 Å². The zero-order valence-corrected chi connectivity index (χ0v) is 18.3. The van der Waals surface area contributed by atoms with Crippen LogP contribution in [0.3, 0.4) is 0 Å². The third-order valence-electron chi connectivity index (χ3n) is 5.35. The lowest BCUT2D eigenvalue weighted by molar-refractivity contribution is 0.179. The summed E-state index contributed by atoms with van der Waals surface area (Å²) in [6, 6.07) is 3.67. The summed E-state index contributed by atoms with van der Waals surface area (Å²) in [4.78, 5) is 4.41. The fourth-order valence-electron chi connectivity index (χ4n) is 3.97. The minimum atomic E-state index is -0.493. The number of nitrogens with zero attached hydrogens (tertiary/aromatic N) is 3. The van der Waals surface area contributed by atoms with Crippen molar-refractivity contribution >= 4 is 11.5 Å². The summed E-state index contributed by atoms with van der Waals surface area (Å²) in [7, 11) is 0. The van der Waals surface area contributed by atoms with Crippen molar-refractivity contribution in [1.82, 2.24) is 4.90 Å². The van der Waals surface area contributed by atoms with Crippen LogP contribution >= 0.6 is 0 Å². The van der Waals surface area contributed by atoms with Gasteiger partial charge in [-0.15, -0.1) is 5.11 Å². The highest BCUT2D eigenvalue weighted by Crippen LogP contribution is 2.31. The summed E-state index contributed by atoms with van der Waals surface area (Å²) in [5.74, 6) is -0.470. The molecule has 1 aliphatic heterocycles. The maximum absolute atomic E-state index is 15.0. The minimum Gasteiger partial charge on any atom is -0.405 e. The molecule has 2 unspecified atom stereocenters. The highest BCUT2D eigenvalue weighted by molar-refractivity contribution is 6.02. The summed E-state index contributed by atoms with van der Waals surface area (Å²) < 4.78 is 15.0. The van der Waals surface area contributed by atoms with E-state index in [0.717, 1.165) is 24.2 Å². The van der Waals surface area contributed by atoms with Gasteiger partial charge in [-0.2, -0.15) is 0 Å². The van der Waals surface area contributed by atoms with E-state index in [1.54, 1.807) is 12.2 Å². The molecule has 0 spiro atoms. The Morgan fingerprint density at radius 3 is 2.60 bits per heavy atom. The molecule has 0 aromatic heterocycles. The zero-order chi connectivity index (χ0) is 22.4. The fourth-order valence-corrected chi connectivity index (χ4v) is 3.97. The van der Waals surface area contributed by atoms with Crippen molar-refractivity contribution in [2.75, 3.05) is 24.5 Å². The third-order valence-corrected chi connectivity index (χ3v) is 5.35. The first kappa shape index (κ1) is 23.5. The van der Waals surface area contributed by atoms with Crippen LogP contribution < -0.4 is 16.4 Å². The fraction of sp³-hybridized carbons (Fsp3) is 0.500. The van der Waals surface area contributed by atoms with Crippen LogP contribution in [-0.4, -0.2) is 42.5 Å². The Labute approximate surface area is 178 Å². The van der Waals surface area contributed by atoms with Crippen LogP contribution in [0.4, 0.5) is 10.1 Å². The summed E-state index contributed by atoms with van der Waals surface area (Å²) in [6.07, 6.45) is 5.70. The van der Waals surface area contributed by atoms with Gasteiger partial charge >= 0.3 is 0 Å². The van der Waals surface area contributed by atoms with Crippen LogP contribution in [0.15, 0.2) is 41.3 Å². The van der Waals surface area contributed by atoms with Gasteiger partial charge in [-0.1, -0.05) is 13.8 Å². The van der Waals surface area contributed by atoms with E-state index in [0.29, 0.717) is 24.7 Å². The number of nitrogens with one attached hydrogen (secondary N) is 2. The molecule has 0 bridgehead atoms. The van der Waals surface area contributed by atoms with Crippen LogP contribution in [0.25, 0.3) is 0 Å². The Morgan fingerprint density at radius 1 is 1.30 bits per heavy atom. The molecular weight excluding hydrogens is 381 g/mol. The Bertz CT molecular complexity index is 831. The topological polar surface area (TPSA) is 119 Å². The predicted octanol–water partition coefficient (Wildman–Crippen LogP) is 3.59. The van der Waals surface area contributed by atoms with E-state index >= 15 is 0 Å². The number of allylic oxidation sites excluding steroid dienone is 2. The van der Waals surface area contributed by atoms with E-state index in [9.17, 15) is 4.39 Å². The van der Waals surface area contributed by atoms with Crippen molar-refractivity contribution < 1.29 is 4.39 Å². The number of anilines is 1. The van der Waals surface area contributed by atoms with Crippen molar-refractivity contribution in [3.8, 4) is 0 Å². The number of rotatable bonds is 7. The van der Waals surface area contributed by atoms with Crippen molar-refractivity contribution in [3.63, 3.8) is 0 Å². The second-order valence-corrected chi connectivity index (χ2v) is 8.44. The molecule has 1 fully saturated rings. The summed E-state index contributed by atoms with van der Waals surface area (Å²) in [5, 5.41) is 11.2. The molecule has 0 saturated carbocycles. The van der Waals surface area contributed by atoms with Crippen LogP contribution in [0.5, 0.6) is 0 Å². The highest BCUT2D eigenvalue weighted by Gasteiger charge is 2.32. The lowest BCUT2D eigenvalue weighted by atomic mass is 9.97. The first-order valence-electron chi connectivity index (χ1n) is 10.3. The first-order valence-corrected chi connectivity index (χ1v) is 10.3. The molecule has 2 rings (SSSR count). The van der Waals surface area contributed by atoms with Gasteiger partial charge in [0.25, 0.3) is 0 Å². The van der Waals surface area contributed by atoms with Crippen LogP contribution in [0.1, 0.15) is 38.8 Å². The Hall–Kier alpha value is -2.74. The average Bonchev–Trinajstić information content (AvgIpc) is 2.67. The molecule has 1 aliphatic rings. The zero-order valence-electron chi connectivity index (χ0n) is 18.3. The number of hydrogen-bond donors (Lipinski definition) is 4. The molecule has 0 radical (unpaired) electrons. The highest BCUT2D eigenvalue weighted by atomic mass is 19.1. The molecule has 6 N–H and O–H groups in total. The molecule has 1 heterocycles. The standard InChI is InChI=1S/C22H34FN7/c1-14(2)8-17-9-19(23)21(22(26)28-27)20(10-17)30-12-15(3)29(11-16(30)4)13-18(25)6-5-7-24/h5-7,9-10,14-16,26-27H,8,11-13,24-25H2,1-4H3/b7-5-,18-6-,26-22?,28-27?. The molecule has 0 aliphatic carbocycles. The molecule has 1 saturated heterocycles. The number of amidine groups is 1. The lowest BCUT2D eigenvalue weighted by Gasteiger charge is -2.46. The van der Waals surface area contributed by atoms with Gasteiger partial charge in [0.05, 0.1) is 11.3 Å². The summed E-state index contributed by atoms with van der Waals surface area (Å²) >= 11 is 0. The molecule has 0 amide bonds. The Balaban J connectivity index is 2.37. The monoisotopic (exact) mass is 415 g/mol. The number of nitrogens with two attached hydrogens (primary N) is 2. The van der Waals surface area contributed by atoms with E-state index in [1.165, 1.54) is 12.3 Å². The van der Waals surface area contributed by atoms with Gasteiger partial charge in [-0.25, -0.2) is 9.92 Å². The van der Waals surface area contributed by atoms with Gasteiger partial charge in [0, 0.05) is 37.4 Å². The van der Waals surface area contributed by atoms with E-state index in [2.05, 4.69) is 42.6 Å². The molecule has 2 atom stereocenters. The smallest absolute Gasteiger partial charge is 0.178 e. The SMILES string of the molecule is CC(C)Cc1cc(F)c(C(=N)N=N)c(N2CC(C)N(C/C(N)=C/C=C\N)CC2C)c1. The largest absolute Gasteiger partial charge is 0.405 e. The van der Waals surface area contributed by atoms with E-state index < -0.39 is 5.82 Å². The normalized spacial score (nSPS) is 20.9. The van der Waals surface area contributed by atoms with Gasteiger partial charge in [-0.05, 0) is 62.2 Å². The third kappa shape index (κ3) is 5.66. The number of piperazine rings is 1. The minimum absolute atomic E-state index is 0.0741. The van der Waals surface area contributed by atoms with Gasteiger partial charge in [0.1, 0.15) is 5.82 Å². The predicted molar refractivity (Wildman–Crippen MR) is 120 cm³/mol. The number of benzene rings is 1. The second-order valence-electron chi connectivity index (χ2n) is 8.44. The molecule has 30 heavy (non-hydrogen) atoms. The van der Waals surface area contributed by atoms with Gasteiger partial charge in [0.15, 0.2) is 5.84 Å². The summed E-state index contributed by atoms with van der Waals surface area (Å²) in [5.41, 5.74) is 21.1. The molecule has 1 aromatic carbocycles. The van der Waals surface area contributed by atoms with Crippen LogP contribution in [-0.2, 0) is 6.42 Å². The van der Waals surface area contributed by atoms with Gasteiger partial charge in [-0.3, -0.25) is 10.3 Å². The Morgan fingerprint density at radius 2 is 2.00 bits per heavy atom. The van der Waals surface area contributed by atoms with Gasteiger partial charge in [0.2, 0.25) is 0 Å². The molecule has 7 nitrogen and oxygen atoms in total. The number of hydrogen-bond acceptors (Lipinski definition) is 6. The maximum atomic E-state index is 15.0. The van der Waals surface area contributed by atoms with Gasteiger partial charge < -0.3 is 16.4 Å². The lowest BCUT2D eigenvalue weighted by Crippen LogP contribution is -2.57. The quantitative estimate of drug-likeness (QED) is 0.235. The molecular formula is C22H34FN7. The molecule has 8 heteroatoms. The van der Waals surface area contributed by atoms with Crippen molar-refractivity contribution in [3.05, 3.63) is 53.1 Å². The maximum Gasteiger partial charge on any atom is 0.178 e. The van der Waals surface area contributed by atoms with E-state index in [-0.39, 0.29) is 23.5 Å². The van der Waals surface area contributed by atoms with Crippen molar-refractivity contribution in [2.45, 2.75) is 46.2 Å². The first-order chi connectivity index (χ1) is 14.2. The van der Waals surface area contributed by atoms with Crippen molar-refractivity contribution in [2.24, 2.45) is 22.5 Å². The van der Waals surface area contributed by atoms with E-state index in [1.807, 2.05) is 6.07 Å². The van der Waals surface area contributed by atoms with E-state index in [4.69, 9.17) is 22.4 Å². The average molecular weight is 416 g/mol. The molecule has 1 aromatic rings. The van der Waals surface area contributed by atoms with Crippen LogP contribution in [0.2, 0.25) is 0 Å². The number of halogens is 1.